The molecule has 7 nitrogen and oxygen atoms in total. The Morgan fingerprint density at radius 3 is 2.52 bits per heavy atom. The van der Waals surface area contributed by atoms with Gasteiger partial charge in [-0.15, -0.1) is 0 Å². The second-order valence-electron chi connectivity index (χ2n) is 3.84. The van der Waals surface area contributed by atoms with Crippen LogP contribution in [0.5, 0.6) is 0 Å². The van der Waals surface area contributed by atoms with Gasteiger partial charge < -0.3 is 0 Å². The topological polar surface area (TPSA) is 102 Å². The second kappa shape index (κ2) is 5.74. The Balaban J connectivity index is 2.33. The summed E-state index contributed by atoms with van der Waals surface area (Å²) in [4.78, 5) is 12.9. The lowest BCUT2D eigenvalue weighted by Crippen LogP contribution is -2.14. The van der Waals surface area contributed by atoms with E-state index in [1.165, 1.54) is 12.3 Å². The lowest BCUT2D eigenvalue weighted by molar-refractivity contribution is -0.387. The maximum absolute atomic E-state index is 13.5. The number of sulfonamides is 1. The second-order valence-corrected chi connectivity index (χ2v) is 6.44. The van der Waals surface area contributed by atoms with Crippen molar-refractivity contribution in [1.29, 1.82) is 0 Å². The van der Waals surface area contributed by atoms with Crippen molar-refractivity contribution in [3.05, 3.63) is 56.9 Å². The normalized spacial score (nSPS) is 11.1. The Morgan fingerprint density at radius 1 is 1.29 bits per heavy atom. The van der Waals surface area contributed by atoms with E-state index in [9.17, 15) is 22.9 Å². The molecule has 0 saturated heterocycles. The maximum atomic E-state index is 13.5. The first-order chi connectivity index (χ1) is 9.79. The van der Waals surface area contributed by atoms with Crippen LogP contribution in [0.4, 0.5) is 15.9 Å². The smallest absolute Gasteiger partial charge is 0.263 e. The Morgan fingerprint density at radius 2 is 2.00 bits per heavy atom. The minimum Gasteiger partial charge on any atom is -0.263 e. The van der Waals surface area contributed by atoms with E-state index in [1.54, 1.807) is 6.07 Å². The number of benzene rings is 1. The SMILES string of the molecule is O=[N+]([O-])c1ccc(S(=O)(=O)Nc2ccc(Br)cn2)cc1F. The van der Waals surface area contributed by atoms with Gasteiger partial charge in [0.05, 0.1) is 9.82 Å². The van der Waals surface area contributed by atoms with Gasteiger partial charge in [-0.3, -0.25) is 14.8 Å². The molecule has 0 spiro atoms. The van der Waals surface area contributed by atoms with E-state index >= 15 is 0 Å². The zero-order chi connectivity index (χ0) is 15.6. The fraction of sp³-hybridized carbons (Fsp3) is 0. The first kappa shape index (κ1) is 15.3. The average molecular weight is 376 g/mol. The molecule has 1 aromatic carbocycles. The number of nitro groups is 1. The zero-order valence-corrected chi connectivity index (χ0v) is 12.6. The molecule has 1 heterocycles. The molecule has 0 aliphatic carbocycles. The fourth-order valence-corrected chi connectivity index (χ4v) is 2.69. The molecule has 2 aromatic rings. The summed E-state index contributed by atoms with van der Waals surface area (Å²) in [6.45, 7) is 0. The highest BCUT2D eigenvalue weighted by molar-refractivity contribution is 9.10. The van der Waals surface area contributed by atoms with E-state index < -0.39 is 31.3 Å². The molecule has 0 aliphatic rings. The predicted molar refractivity (Wildman–Crippen MR) is 75.8 cm³/mol. The molecule has 0 atom stereocenters. The van der Waals surface area contributed by atoms with Gasteiger partial charge >= 0.3 is 5.69 Å². The van der Waals surface area contributed by atoms with Crippen LogP contribution >= 0.6 is 15.9 Å². The molecule has 0 radical (unpaired) electrons. The number of hydrogen-bond donors (Lipinski definition) is 1. The summed E-state index contributed by atoms with van der Waals surface area (Å²) >= 11 is 3.15. The van der Waals surface area contributed by atoms with Crippen LogP contribution in [-0.2, 0) is 10.0 Å². The summed E-state index contributed by atoms with van der Waals surface area (Å²) in [7, 11) is -4.08. The third-order valence-corrected chi connectivity index (χ3v) is 4.21. The van der Waals surface area contributed by atoms with Gasteiger partial charge in [0.2, 0.25) is 5.82 Å². The molecule has 10 heteroatoms. The number of pyridine rings is 1. The van der Waals surface area contributed by atoms with Gasteiger partial charge in [-0.05, 0) is 34.1 Å². The van der Waals surface area contributed by atoms with Gasteiger partial charge in [-0.25, -0.2) is 13.4 Å². The van der Waals surface area contributed by atoms with Gasteiger partial charge in [0.25, 0.3) is 10.0 Å². The Bertz CT molecular complexity index is 796. The number of aromatic nitrogens is 1. The molecular weight excluding hydrogens is 369 g/mol. The number of rotatable bonds is 4. The lowest BCUT2D eigenvalue weighted by atomic mass is 10.3. The Kier molecular flexibility index (Phi) is 4.19. The minimum atomic E-state index is -4.08. The summed E-state index contributed by atoms with van der Waals surface area (Å²) in [5.74, 6) is -1.19. The number of halogens is 2. The molecular formula is C11H7BrFN3O4S. The monoisotopic (exact) mass is 375 g/mol. The van der Waals surface area contributed by atoms with Gasteiger partial charge in [0.1, 0.15) is 5.82 Å². The number of nitrogens with one attached hydrogen (secondary N) is 1. The Hall–Kier alpha value is -2.07. The molecule has 2 rings (SSSR count). The largest absolute Gasteiger partial charge is 0.304 e. The lowest BCUT2D eigenvalue weighted by Gasteiger charge is -2.07. The van der Waals surface area contributed by atoms with Crippen molar-refractivity contribution in [2.24, 2.45) is 0 Å². The summed E-state index contributed by atoms with van der Waals surface area (Å²) in [5.41, 5.74) is -0.796. The van der Waals surface area contributed by atoms with E-state index in [-0.39, 0.29) is 5.82 Å². The summed E-state index contributed by atoms with van der Waals surface area (Å²) in [6.07, 6.45) is 1.38. The average Bonchev–Trinajstić information content (AvgIpc) is 2.40. The fourth-order valence-electron chi connectivity index (χ4n) is 1.44. The van der Waals surface area contributed by atoms with Gasteiger partial charge in [0, 0.05) is 22.8 Å². The van der Waals surface area contributed by atoms with Crippen molar-refractivity contribution in [3.8, 4) is 0 Å². The molecule has 1 aromatic heterocycles. The van der Waals surface area contributed by atoms with Crippen LogP contribution in [0.3, 0.4) is 0 Å². The maximum Gasteiger partial charge on any atom is 0.304 e. The third kappa shape index (κ3) is 3.52. The van der Waals surface area contributed by atoms with Crippen LogP contribution in [0.15, 0.2) is 45.9 Å². The predicted octanol–water partition coefficient (Wildman–Crippen LogP) is 2.69. The highest BCUT2D eigenvalue weighted by Gasteiger charge is 2.21. The molecule has 21 heavy (non-hydrogen) atoms. The van der Waals surface area contributed by atoms with Gasteiger partial charge in [0.15, 0.2) is 0 Å². The summed E-state index contributed by atoms with van der Waals surface area (Å²) < 4.78 is 40.3. The van der Waals surface area contributed by atoms with Crippen LogP contribution in [0.1, 0.15) is 0 Å². The van der Waals surface area contributed by atoms with Crippen LogP contribution in [-0.4, -0.2) is 18.3 Å². The molecule has 0 unspecified atom stereocenters. The highest BCUT2D eigenvalue weighted by atomic mass is 79.9. The van der Waals surface area contributed by atoms with Crippen molar-refractivity contribution in [2.75, 3.05) is 4.72 Å². The number of anilines is 1. The highest BCUT2D eigenvalue weighted by Crippen LogP contribution is 2.22. The number of nitrogens with zero attached hydrogens (tertiary/aromatic N) is 2. The molecule has 1 N–H and O–H groups in total. The van der Waals surface area contributed by atoms with Gasteiger partial charge in [-0.2, -0.15) is 4.39 Å². The molecule has 0 amide bonds. The van der Waals surface area contributed by atoms with Crippen LogP contribution in [0.2, 0.25) is 0 Å². The molecule has 110 valence electrons. The van der Waals surface area contributed by atoms with Crippen LogP contribution in [0.25, 0.3) is 0 Å². The van der Waals surface area contributed by atoms with E-state index in [2.05, 4.69) is 25.6 Å². The van der Waals surface area contributed by atoms with Crippen LogP contribution < -0.4 is 4.72 Å². The van der Waals surface area contributed by atoms with Crippen molar-refractivity contribution in [3.63, 3.8) is 0 Å². The number of hydrogen-bond acceptors (Lipinski definition) is 5. The third-order valence-electron chi connectivity index (χ3n) is 2.39. The van der Waals surface area contributed by atoms with Gasteiger partial charge in [-0.1, -0.05) is 0 Å². The van der Waals surface area contributed by atoms with Crippen LogP contribution in [0, 0.1) is 15.9 Å². The Labute approximate surface area is 127 Å². The summed E-state index contributed by atoms with van der Waals surface area (Å²) in [5, 5.41) is 10.5. The van der Waals surface area contributed by atoms with Crippen molar-refractivity contribution >= 4 is 37.5 Å². The minimum absolute atomic E-state index is 0.0389. The molecule has 0 bridgehead atoms. The first-order valence-corrected chi connectivity index (χ1v) is 7.65. The van der Waals surface area contributed by atoms with Crippen molar-refractivity contribution in [2.45, 2.75) is 4.90 Å². The van der Waals surface area contributed by atoms with E-state index in [0.717, 1.165) is 12.1 Å². The van der Waals surface area contributed by atoms with E-state index in [1.807, 2.05) is 0 Å². The number of nitro benzene ring substituents is 1. The molecule has 0 saturated carbocycles. The van der Waals surface area contributed by atoms with E-state index in [4.69, 9.17) is 0 Å². The van der Waals surface area contributed by atoms with E-state index in [0.29, 0.717) is 10.5 Å². The standard InChI is InChI=1S/C11H7BrFN3O4S/c12-7-1-4-11(14-6-7)15-21(19,20)8-2-3-10(16(17)18)9(13)5-8/h1-6H,(H,14,15). The summed E-state index contributed by atoms with van der Waals surface area (Å²) in [6, 6.07) is 5.30. The van der Waals surface area contributed by atoms with Crippen molar-refractivity contribution < 1.29 is 17.7 Å². The molecule has 0 aliphatic heterocycles. The quantitative estimate of drug-likeness (QED) is 0.653. The molecule has 0 fully saturated rings. The zero-order valence-electron chi connectivity index (χ0n) is 10.2. The van der Waals surface area contributed by atoms with Crippen molar-refractivity contribution in [1.82, 2.24) is 4.98 Å². The first-order valence-electron chi connectivity index (χ1n) is 5.38.